The first-order valence-corrected chi connectivity index (χ1v) is 7.91. The molecule has 1 aliphatic rings. The fourth-order valence-electron chi connectivity index (χ4n) is 2.82. The van der Waals surface area contributed by atoms with Crippen molar-refractivity contribution in [3.05, 3.63) is 59.7 Å². The van der Waals surface area contributed by atoms with E-state index in [0.29, 0.717) is 30.7 Å². The average molecular weight is 342 g/mol. The Morgan fingerprint density at radius 3 is 2.60 bits per heavy atom. The Hall–Kier alpha value is -2.94. The molecule has 0 radical (unpaired) electrons. The highest BCUT2D eigenvalue weighted by molar-refractivity contribution is 5.95. The summed E-state index contributed by atoms with van der Waals surface area (Å²) < 4.78 is 31.6. The average Bonchev–Trinajstić information content (AvgIpc) is 2.97. The van der Waals surface area contributed by atoms with Gasteiger partial charge in [0.15, 0.2) is 11.6 Å². The summed E-state index contributed by atoms with van der Waals surface area (Å²) in [5.41, 5.74) is 1.28. The zero-order valence-corrected chi connectivity index (χ0v) is 13.4. The maximum atomic E-state index is 13.2. The number of amides is 1. The van der Waals surface area contributed by atoms with Gasteiger partial charge in [0, 0.05) is 25.1 Å². The van der Waals surface area contributed by atoms with Gasteiger partial charge in [0.2, 0.25) is 5.91 Å². The minimum absolute atomic E-state index is 0.00991. The van der Waals surface area contributed by atoms with Crippen LogP contribution < -0.4 is 9.64 Å². The summed E-state index contributed by atoms with van der Waals surface area (Å²) in [4.78, 5) is 13.7. The summed E-state index contributed by atoms with van der Waals surface area (Å²) in [5.74, 6) is -1.15. The molecule has 0 bridgehead atoms. The van der Waals surface area contributed by atoms with Crippen LogP contribution in [0, 0.1) is 28.9 Å². The second kappa shape index (κ2) is 7.31. The van der Waals surface area contributed by atoms with Crippen molar-refractivity contribution in [2.45, 2.75) is 19.4 Å². The Kier molecular flexibility index (Phi) is 4.94. The van der Waals surface area contributed by atoms with Crippen LogP contribution in [0.4, 0.5) is 14.5 Å². The molecule has 0 N–H and O–H groups in total. The first-order valence-electron chi connectivity index (χ1n) is 7.91. The fraction of sp³-hybridized carbons (Fsp3) is 0.263. The lowest BCUT2D eigenvalue weighted by atomic mass is 10.1. The van der Waals surface area contributed by atoms with Gasteiger partial charge in [-0.25, -0.2) is 8.78 Å². The summed E-state index contributed by atoms with van der Waals surface area (Å²) in [7, 11) is 0. The highest BCUT2D eigenvalue weighted by Gasteiger charge is 2.30. The van der Waals surface area contributed by atoms with E-state index in [1.54, 1.807) is 29.2 Å². The van der Waals surface area contributed by atoms with Crippen molar-refractivity contribution in [1.29, 1.82) is 5.26 Å². The van der Waals surface area contributed by atoms with Gasteiger partial charge in [-0.1, -0.05) is 6.07 Å². The van der Waals surface area contributed by atoms with Gasteiger partial charge in [-0.15, -0.1) is 0 Å². The molecular formula is C19H16F2N2O2. The molecule has 1 aliphatic heterocycles. The van der Waals surface area contributed by atoms with E-state index in [2.05, 4.69) is 6.07 Å². The summed E-state index contributed by atoms with van der Waals surface area (Å²) in [6, 6.07) is 12.7. The molecule has 1 fully saturated rings. The Labute approximate surface area is 144 Å². The summed E-state index contributed by atoms with van der Waals surface area (Å²) in [6.07, 6.45) is 0.763. The lowest BCUT2D eigenvalue weighted by Gasteiger charge is -2.17. The third kappa shape index (κ3) is 3.94. The van der Waals surface area contributed by atoms with Gasteiger partial charge in [0.25, 0.3) is 0 Å². The molecule has 2 aromatic carbocycles. The van der Waals surface area contributed by atoms with Crippen LogP contribution in [0.25, 0.3) is 0 Å². The minimum Gasteiger partial charge on any atom is -0.489 e. The molecule has 1 heterocycles. The van der Waals surface area contributed by atoms with E-state index < -0.39 is 11.6 Å². The minimum atomic E-state index is -0.907. The van der Waals surface area contributed by atoms with Crippen LogP contribution in [0.15, 0.2) is 42.5 Å². The Bertz CT molecular complexity index is 815. The Morgan fingerprint density at radius 2 is 1.92 bits per heavy atom. The van der Waals surface area contributed by atoms with Crippen LogP contribution in [-0.2, 0) is 11.4 Å². The summed E-state index contributed by atoms with van der Waals surface area (Å²) in [5, 5.41) is 8.75. The third-order valence-electron chi connectivity index (χ3n) is 4.12. The van der Waals surface area contributed by atoms with E-state index >= 15 is 0 Å². The van der Waals surface area contributed by atoms with Crippen molar-refractivity contribution in [2.75, 3.05) is 11.4 Å². The zero-order valence-electron chi connectivity index (χ0n) is 13.4. The van der Waals surface area contributed by atoms with Crippen molar-refractivity contribution in [2.24, 2.45) is 5.92 Å². The maximum absolute atomic E-state index is 13.2. The molecule has 0 aromatic heterocycles. The Balaban J connectivity index is 1.61. The number of benzene rings is 2. The second-order valence-electron chi connectivity index (χ2n) is 5.97. The number of hydrogen-bond acceptors (Lipinski definition) is 3. The molecule has 1 amide bonds. The molecule has 2 aromatic rings. The SMILES string of the molecule is N#CCC1CC(=O)N(c2ccc(OCc3ccc(F)c(F)c3)cc2)C1. The molecule has 1 unspecified atom stereocenters. The van der Waals surface area contributed by atoms with E-state index in [0.717, 1.165) is 17.8 Å². The maximum Gasteiger partial charge on any atom is 0.227 e. The lowest BCUT2D eigenvalue weighted by molar-refractivity contribution is -0.117. The zero-order chi connectivity index (χ0) is 17.8. The molecule has 0 aliphatic carbocycles. The third-order valence-corrected chi connectivity index (χ3v) is 4.12. The van der Waals surface area contributed by atoms with Crippen LogP contribution in [0.1, 0.15) is 18.4 Å². The number of halogens is 2. The van der Waals surface area contributed by atoms with E-state index in [1.165, 1.54) is 6.07 Å². The first-order chi connectivity index (χ1) is 12.1. The normalized spacial score (nSPS) is 16.8. The smallest absolute Gasteiger partial charge is 0.227 e. The fourth-order valence-corrected chi connectivity index (χ4v) is 2.82. The van der Waals surface area contributed by atoms with Gasteiger partial charge in [-0.3, -0.25) is 4.79 Å². The molecule has 6 heteroatoms. The van der Waals surface area contributed by atoms with Crippen LogP contribution in [0.2, 0.25) is 0 Å². The number of hydrogen-bond donors (Lipinski definition) is 0. The molecule has 0 saturated carbocycles. The number of ether oxygens (including phenoxy) is 1. The molecule has 1 saturated heterocycles. The van der Waals surface area contributed by atoms with Crippen molar-refractivity contribution >= 4 is 11.6 Å². The molecule has 0 spiro atoms. The van der Waals surface area contributed by atoms with Gasteiger partial charge >= 0.3 is 0 Å². The number of nitrogens with zero attached hydrogens (tertiary/aromatic N) is 2. The van der Waals surface area contributed by atoms with Crippen LogP contribution >= 0.6 is 0 Å². The summed E-state index contributed by atoms with van der Waals surface area (Å²) in [6.45, 7) is 0.658. The van der Waals surface area contributed by atoms with Crippen molar-refractivity contribution in [3.63, 3.8) is 0 Å². The molecule has 4 nitrogen and oxygen atoms in total. The van der Waals surface area contributed by atoms with Gasteiger partial charge < -0.3 is 9.64 Å². The predicted octanol–water partition coefficient (Wildman–Crippen LogP) is 3.81. The highest BCUT2D eigenvalue weighted by Crippen LogP contribution is 2.28. The lowest BCUT2D eigenvalue weighted by Crippen LogP contribution is -2.24. The topological polar surface area (TPSA) is 53.3 Å². The van der Waals surface area contributed by atoms with E-state index in [4.69, 9.17) is 10.00 Å². The van der Waals surface area contributed by atoms with Crippen LogP contribution in [0.3, 0.4) is 0 Å². The molecule has 1 atom stereocenters. The molecule has 25 heavy (non-hydrogen) atoms. The number of carbonyl (C=O) groups excluding carboxylic acids is 1. The standard InChI is InChI=1S/C19H16F2N2O2/c20-17-6-1-14(9-18(17)21)12-25-16-4-2-15(3-5-16)23-11-13(7-8-22)10-19(23)24/h1-6,9,13H,7,10-12H2. The van der Waals surface area contributed by atoms with Gasteiger partial charge in [-0.2, -0.15) is 5.26 Å². The van der Waals surface area contributed by atoms with Gasteiger partial charge in [0.05, 0.1) is 6.07 Å². The second-order valence-corrected chi connectivity index (χ2v) is 5.97. The summed E-state index contributed by atoms with van der Waals surface area (Å²) >= 11 is 0. The number of carbonyl (C=O) groups is 1. The van der Waals surface area contributed by atoms with Crippen molar-refractivity contribution < 1.29 is 18.3 Å². The highest BCUT2D eigenvalue weighted by atomic mass is 19.2. The molecule has 3 rings (SSSR count). The number of anilines is 1. The molecular weight excluding hydrogens is 326 g/mol. The quantitative estimate of drug-likeness (QED) is 0.830. The van der Waals surface area contributed by atoms with Gasteiger partial charge in [0.1, 0.15) is 12.4 Å². The van der Waals surface area contributed by atoms with E-state index in [1.807, 2.05) is 0 Å². The number of nitriles is 1. The monoisotopic (exact) mass is 342 g/mol. The molecule has 128 valence electrons. The number of rotatable bonds is 5. The van der Waals surface area contributed by atoms with Crippen LogP contribution in [0.5, 0.6) is 5.75 Å². The van der Waals surface area contributed by atoms with E-state index in [-0.39, 0.29) is 18.4 Å². The predicted molar refractivity (Wildman–Crippen MR) is 87.8 cm³/mol. The van der Waals surface area contributed by atoms with Gasteiger partial charge in [-0.05, 0) is 47.9 Å². The Morgan fingerprint density at radius 1 is 1.16 bits per heavy atom. The largest absolute Gasteiger partial charge is 0.489 e. The van der Waals surface area contributed by atoms with Crippen molar-refractivity contribution in [1.82, 2.24) is 0 Å². The van der Waals surface area contributed by atoms with Crippen molar-refractivity contribution in [3.8, 4) is 11.8 Å². The van der Waals surface area contributed by atoms with Crippen LogP contribution in [-0.4, -0.2) is 12.5 Å². The van der Waals surface area contributed by atoms with E-state index in [9.17, 15) is 13.6 Å². The first kappa shape index (κ1) is 16.9.